The van der Waals surface area contributed by atoms with Crippen LogP contribution in [0.1, 0.15) is 31.6 Å². The number of pyridine rings is 1. The molecule has 0 radical (unpaired) electrons. The first-order chi connectivity index (χ1) is 16.2. The van der Waals surface area contributed by atoms with Gasteiger partial charge in [0.25, 0.3) is 5.91 Å². The fourth-order valence-electron chi connectivity index (χ4n) is 5.09. The zero-order valence-corrected chi connectivity index (χ0v) is 18.6. The highest BCUT2D eigenvalue weighted by Gasteiger charge is 2.41. The molecule has 1 aliphatic carbocycles. The summed E-state index contributed by atoms with van der Waals surface area (Å²) >= 11 is 0. The smallest absolute Gasteiger partial charge is 0.254 e. The summed E-state index contributed by atoms with van der Waals surface area (Å²) in [4.78, 5) is 25.1. The summed E-state index contributed by atoms with van der Waals surface area (Å²) in [6.45, 7) is 3.96. The summed E-state index contributed by atoms with van der Waals surface area (Å²) in [5.74, 6) is 0.638. The quantitative estimate of drug-likeness (QED) is 0.523. The van der Waals surface area contributed by atoms with Crippen molar-refractivity contribution in [2.45, 2.75) is 31.8 Å². The Hall–Kier alpha value is -3.58. The van der Waals surface area contributed by atoms with Crippen LogP contribution in [0.4, 0.5) is 0 Å². The number of amides is 1. The van der Waals surface area contributed by atoms with Crippen molar-refractivity contribution in [3.8, 4) is 22.5 Å². The number of benzene rings is 1. The van der Waals surface area contributed by atoms with Crippen LogP contribution in [0.15, 0.2) is 67.1 Å². The number of hydrogen-bond acceptors (Lipinski definition) is 5. The van der Waals surface area contributed by atoms with E-state index in [-0.39, 0.29) is 13.4 Å². The van der Waals surface area contributed by atoms with Gasteiger partial charge in [0, 0.05) is 50.1 Å². The van der Waals surface area contributed by atoms with Gasteiger partial charge in [0.05, 0.1) is 23.1 Å². The molecule has 33 heavy (non-hydrogen) atoms. The fourth-order valence-corrected chi connectivity index (χ4v) is 5.09. The molecule has 3 atom stereocenters. The minimum atomic E-state index is 0. The van der Waals surface area contributed by atoms with Gasteiger partial charge in [0.1, 0.15) is 0 Å². The van der Waals surface area contributed by atoms with Gasteiger partial charge in [-0.3, -0.25) is 9.78 Å². The van der Waals surface area contributed by atoms with Gasteiger partial charge in [-0.2, -0.15) is 5.10 Å². The lowest BCUT2D eigenvalue weighted by atomic mass is 9.78. The van der Waals surface area contributed by atoms with Gasteiger partial charge in [0.2, 0.25) is 0 Å². The highest BCUT2D eigenvalue weighted by molar-refractivity contribution is 5.96. The Labute approximate surface area is 194 Å². The molecule has 1 aromatic carbocycles. The molecule has 2 aliphatic rings. The molecule has 1 aliphatic heterocycles. The molecule has 7 heteroatoms. The molecule has 4 heterocycles. The standard InChI is InChI=1S/C26H26N6O.H2/c1-17-14-27-15-20-7-8-24(20)32(17)26(33)19-9-11-28-23(13-19)21-16-29-31-12-10-22(30-25(21)31)18-5-3-2-4-6-18;/h2-6,9-13,16-17,20,24,27H,7-8,14-15H2,1H3;1H. The minimum Gasteiger partial charge on any atom is -0.331 e. The second-order valence-corrected chi connectivity index (χ2v) is 9.06. The van der Waals surface area contributed by atoms with E-state index < -0.39 is 0 Å². The first-order valence-electron chi connectivity index (χ1n) is 11.6. The van der Waals surface area contributed by atoms with Crippen molar-refractivity contribution in [2.75, 3.05) is 13.1 Å². The SMILES string of the molecule is CC1CNCC2CCC2N1C(=O)c1ccnc(-c2cnn3ccc(-c4ccccc4)nc23)c1.[HH]. The van der Waals surface area contributed by atoms with E-state index in [2.05, 4.69) is 27.2 Å². The topological polar surface area (TPSA) is 75.4 Å². The maximum absolute atomic E-state index is 13.6. The van der Waals surface area contributed by atoms with Crippen molar-refractivity contribution < 1.29 is 6.22 Å². The molecular weight excluding hydrogens is 412 g/mol. The molecule has 7 nitrogen and oxygen atoms in total. The number of hydrogen-bond donors (Lipinski definition) is 1. The number of carbonyl (C=O) groups excluding carboxylic acids is 1. The summed E-state index contributed by atoms with van der Waals surface area (Å²) < 4.78 is 1.75. The predicted molar refractivity (Wildman–Crippen MR) is 129 cm³/mol. The monoisotopic (exact) mass is 440 g/mol. The van der Waals surface area contributed by atoms with E-state index in [1.54, 1.807) is 16.9 Å². The highest BCUT2D eigenvalue weighted by atomic mass is 16.2. The van der Waals surface area contributed by atoms with Crippen LogP contribution in [0.25, 0.3) is 28.2 Å². The maximum Gasteiger partial charge on any atom is 0.254 e. The van der Waals surface area contributed by atoms with Crippen LogP contribution in [-0.4, -0.2) is 55.6 Å². The van der Waals surface area contributed by atoms with Gasteiger partial charge >= 0.3 is 0 Å². The second-order valence-electron chi connectivity index (χ2n) is 9.06. The Balaban J connectivity index is 0.00000241. The van der Waals surface area contributed by atoms with Crippen LogP contribution in [-0.2, 0) is 0 Å². The number of rotatable bonds is 3. The number of fused-ring (bicyclic) bond motifs is 2. The first kappa shape index (κ1) is 20.1. The minimum absolute atomic E-state index is 0. The van der Waals surface area contributed by atoms with Gasteiger partial charge in [-0.25, -0.2) is 9.50 Å². The lowest BCUT2D eigenvalue weighted by Gasteiger charge is -2.44. The van der Waals surface area contributed by atoms with E-state index >= 15 is 0 Å². The summed E-state index contributed by atoms with van der Waals surface area (Å²) in [5, 5.41) is 7.97. The Morgan fingerprint density at radius 1 is 1.09 bits per heavy atom. The lowest BCUT2D eigenvalue weighted by molar-refractivity contribution is 0.0353. The first-order valence-corrected chi connectivity index (χ1v) is 11.6. The molecule has 168 valence electrons. The predicted octanol–water partition coefficient (Wildman–Crippen LogP) is 3.92. The molecule has 1 saturated carbocycles. The Morgan fingerprint density at radius 3 is 2.79 bits per heavy atom. The summed E-state index contributed by atoms with van der Waals surface area (Å²) in [7, 11) is 0. The molecule has 6 rings (SSSR count). The summed E-state index contributed by atoms with van der Waals surface area (Å²) in [6, 6.07) is 16.2. The normalized spacial score (nSPS) is 22.5. The third kappa shape index (κ3) is 3.49. The Morgan fingerprint density at radius 2 is 1.97 bits per heavy atom. The molecule has 1 amide bonds. The van der Waals surface area contributed by atoms with Crippen molar-refractivity contribution in [1.82, 2.24) is 29.8 Å². The number of nitrogens with one attached hydrogen (secondary N) is 1. The summed E-state index contributed by atoms with van der Waals surface area (Å²) in [6.07, 6.45) is 7.67. The van der Waals surface area contributed by atoms with Crippen molar-refractivity contribution in [2.24, 2.45) is 5.92 Å². The zero-order valence-electron chi connectivity index (χ0n) is 18.6. The molecule has 3 aromatic heterocycles. The van der Waals surface area contributed by atoms with Crippen molar-refractivity contribution in [3.63, 3.8) is 0 Å². The third-order valence-corrected chi connectivity index (χ3v) is 7.01. The largest absolute Gasteiger partial charge is 0.331 e. The van der Waals surface area contributed by atoms with Crippen LogP contribution in [0.2, 0.25) is 0 Å². The van der Waals surface area contributed by atoms with Gasteiger partial charge in [-0.1, -0.05) is 30.3 Å². The van der Waals surface area contributed by atoms with Gasteiger partial charge in [-0.15, -0.1) is 0 Å². The second kappa shape index (κ2) is 8.08. The van der Waals surface area contributed by atoms with E-state index in [1.807, 2.05) is 54.7 Å². The molecular formula is C26H28N6O. The van der Waals surface area contributed by atoms with E-state index in [1.165, 1.54) is 6.42 Å². The number of aromatic nitrogens is 4. The van der Waals surface area contributed by atoms with Crippen LogP contribution >= 0.6 is 0 Å². The van der Waals surface area contributed by atoms with Gasteiger partial charge in [0.15, 0.2) is 5.65 Å². The van der Waals surface area contributed by atoms with E-state index in [4.69, 9.17) is 4.98 Å². The average Bonchev–Trinajstić information content (AvgIpc) is 3.23. The van der Waals surface area contributed by atoms with Crippen molar-refractivity contribution in [3.05, 3.63) is 72.7 Å². The summed E-state index contributed by atoms with van der Waals surface area (Å²) in [5.41, 5.74) is 4.83. The molecule has 1 saturated heterocycles. The fraction of sp³-hybridized carbons (Fsp3) is 0.308. The molecule has 4 aromatic rings. The lowest BCUT2D eigenvalue weighted by Crippen LogP contribution is -2.53. The van der Waals surface area contributed by atoms with Crippen LogP contribution in [0, 0.1) is 5.92 Å². The van der Waals surface area contributed by atoms with Gasteiger partial charge < -0.3 is 10.2 Å². The van der Waals surface area contributed by atoms with Crippen molar-refractivity contribution >= 4 is 11.6 Å². The van der Waals surface area contributed by atoms with Crippen LogP contribution in [0.3, 0.4) is 0 Å². The molecule has 3 unspecified atom stereocenters. The highest BCUT2D eigenvalue weighted by Crippen LogP contribution is 2.35. The maximum atomic E-state index is 13.6. The van der Waals surface area contributed by atoms with Crippen molar-refractivity contribution in [1.29, 1.82) is 0 Å². The third-order valence-electron chi connectivity index (χ3n) is 7.01. The molecule has 0 spiro atoms. The van der Waals surface area contributed by atoms with E-state index in [0.29, 0.717) is 23.2 Å². The van der Waals surface area contributed by atoms with E-state index in [0.717, 1.165) is 42.0 Å². The molecule has 0 bridgehead atoms. The Bertz CT molecular complexity index is 1320. The zero-order chi connectivity index (χ0) is 22.4. The molecule has 2 fully saturated rings. The van der Waals surface area contributed by atoms with Gasteiger partial charge in [-0.05, 0) is 43.9 Å². The Kier molecular flexibility index (Phi) is 4.91. The number of carbonyl (C=O) groups is 1. The average molecular weight is 441 g/mol. The molecule has 1 N–H and O–H groups in total. The van der Waals surface area contributed by atoms with E-state index in [9.17, 15) is 4.79 Å². The van der Waals surface area contributed by atoms with Crippen LogP contribution in [0.5, 0.6) is 0 Å². The van der Waals surface area contributed by atoms with Crippen LogP contribution < -0.4 is 5.32 Å². The number of nitrogens with zero attached hydrogens (tertiary/aromatic N) is 5.